The summed E-state index contributed by atoms with van der Waals surface area (Å²) in [4.78, 5) is 0.0539. The number of alkyl halides is 1. The van der Waals surface area contributed by atoms with Crippen LogP contribution in [0.25, 0.3) is 0 Å². The van der Waals surface area contributed by atoms with Gasteiger partial charge >= 0.3 is 0 Å². The molecule has 6 heteroatoms. The second-order valence-corrected chi connectivity index (χ2v) is 8.95. The van der Waals surface area contributed by atoms with E-state index < -0.39 is 16.3 Å². The zero-order chi connectivity index (χ0) is 17.5. The van der Waals surface area contributed by atoms with E-state index in [0.717, 1.165) is 11.1 Å². The molecule has 4 nitrogen and oxygen atoms in total. The van der Waals surface area contributed by atoms with Gasteiger partial charge in [-0.25, -0.2) is 12.7 Å². The van der Waals surface area contributed by atoms with Gasteiger partial charge in [-0.3, -0.25) is 0 Å². The van der Waals surface area contributed by atoms with Crippen LogP contribution in [0.5, 0.6) is 0 Å². The van der Waals surface area contributed by atoms with Crippen molar-refractivity contribution < 1.29 is 13.2 Å². The molecule has 0 radical (unpaired) electrons. The molecule has 0 saturated heterocycles. The molecule has 2 aromatic carbocycles. The maximum Gasteiger partial charge on any atom is 0.266 e. The van der Waals surface area contributed by atoms with Crippen LogP contribution in [0.2, 0.25) is 0 Å². The SMILES string of the molecule is Cc1ccc(S(=O)(=O)N2c3ccccc3[C@H](Br)[C@H]2OC(C)C)cc1. The Hall–Kier alpha value is -1.37. The Labute approximate surface area is 151 Å². The van der Waals surface area contributed by atoms with Crippen LogP contribution in [0.1, 0.15) is 29.8 Å². The van der Waals surface area contributed by atoms with Crippen molar-refractivity contribution in [3.05, 3.63) is 59.7 Å². The summed E-state index contributed by atoms with van der Waals surface area (Å²) in [6.07, 6.45) is -0.714. The fourth-order valence-corrected chi connectivity index (χ4v) is 5.31. The Kier molecular flexibility index (Phi) is 4.73. The fourth-order valence-electron chi connectivity index (χ4n) is 2.82. The maximum absolute atomic E-state index is 13.3. The van der Waals surface area contributed by atoms with Crippen LogP contribution in [0, 0.1) is 6.92 Å². The number of aryl methyl sites for hydroxylation is 1. The van der Waals surface area contributed by atoms with Gasteiger partial charge in [0.1, 0.15) is 0 Å². The van der Waals surface area contributed by atoms with E-state index in [1.807, 2.05) is 45.0 Å². The van der Waals surface area contributed by atoms with Crippen LogP contribution >= 0.6 is 15.9 Å². The first-order chi connectivity index (χ1) is 11.3. The molecule has 0 aromatic heterocycles. The number of nitrogens with zero attached hydrogens (tertiary/aromatic N) is 1. The van der Waals surface area contributed by atoms with Crippen LogP contribution in [0.4, 0.5) is 5.69 Å². The van der Waals surface area contributed by atoms with E-state index in [-0.39, 0.29) is 15.8 Å². The Morgan fingerprint density at radius 2 is 1.71 bits per heavy atom. The summed E-state index contributed by atoms with van der Waals surface area (Å²) in [7, 11) is -3.72. The zero-order valence-electron chi connectivity index (χ0n) is 13.8. The Bertz CT molecular complexity index is 834. The molecule has 0 amide bonds. The standard InChI is InChI=1S/C18H20BrNO3S/c1-12(2)23-18-17(19)15-6-4-5-7-16(15)20(18)24(21,22)14-10-8-13(3)9-11-14/h4-12,17-18H,1-3H3/t17-,18+/m0/s1. The lowest BCUT2D eigenvalue weighted by Crippen LogP contribution is -2.41. The van der Waals surface area contributed by atoms with Gasteiger partial charge in [-0.1, -0.05) is 51.8 Å². The summed E-state index contributed by atoms with van der Waals surface area (Å²) in [6, 6.07) is 14.4. The molecule has 2 aromatic rings. The maximum atomic E-state index is 13.3. The van der Waals surface area contributed by atoms with Crippen molar-refractivity contribution in [2.24, 2.45) is 0 Å². The Morgan fingerprint density at radius 3 is 2.33 bits per heavy atom. The molecule has 128 valence electrons. The van der Waals surface area contributed by atoms with Gasteiger partial charge in [0.15, 0.2) is 6.23 Å². The van der Waals surface area contributed by atoms with Crippen molar-refractivity contribution in [3.63, 3.8) is 0 Å². The molecule has 0 fully saturated rings. The second kappa shape index (κ2) is 6.50. The van der Waals surface area contributed by atoms with Gasteiger partial charge in [0.05, 0.1) is 21.5 Å². The molecule has 2 atom stereocenters. The summed E-state index contributed by atoms with van der Waals surface area (Å²) in [5.41, 5.74) is 2.59. The van der Waals surface area contributed by atoms with Gasteiger partial charge in [0, 0.05) is 0 Å². The molecule has 0 aliphatic carbocycles. The van der Waals surface area contributed by atoms with Crippen molar-refractivity contribution in [2.75, 3.05) is 4.31 Å². The third-order valence-corrected chi connectivity index (χ3v) is 6.68. The number of benzene rings is 2. The third kappa shape index (κ3) is 2.98. The molecule has 1 aliphatic heterocycles. The lowest BCUT2D eigenvalue weighted by Gasteiger charge is -2.29. The minimum atomic E-state index is -3.72. The molecule has 0 saturated carbocycles. The van der Waals surface area contributed by atoms with Crippen molar-refractivity contribution >= 4 is 31.6 Å². The lowest BCUT2D eigenvalue weighted by molar-refractivity contribution is 0.0195. The quantitative estimate of drug-likeness (QED) is 0.703. The smallest absolute Gasteiger partial charge is 0.266 e. The summed E-state index contributed by atoms with van der Waals surface area (Å²) >= 11 is 3.62. The number of fused-ring (bicyclic) bond motifs is 1. The number of sulfonamides is 1. The summed E-state index contributed by atoms with van der Waals surface area (Å²) in [6.45, 7) is 5.74. The number of hydrogen-bond donors (Lipinski definition) is 0. The van der Waals surface area contributed by atoms with Crippen LogP contribution in [-0.4, -0.2) is 20.7 Å². The van der Waals surface area contributed by atoms with Crippen LogP contribution in [0.3, 0.4) is 0 Å². The molecule has 0 bridgehead atoms. The monoisotopic (exact) mass is 409 g/mol. The van der Waals surface area contributed by atoms with Gasteiger partial charge in [-0.15, -0.1) is 0 Å². The van der Waals surface area contributed by atoms with E-state index in [1.54, 1.807) is 24.3 Å². The average Bonchev–Trinajstić information content (AvgIpc) is 2.81. The van der Waals surface area contributed by atoms with Gasteiger partial charge in [-0.05, 0) is 44.5 Å². The number of rotatable bonds is 4. The first kappa shape index (κ1) is 17.5. The molecular weight excluding hydrogens is 390 g/mol. The number of para-hydroxylation sites is 1. The first-order valence-electron chi connectivity index (χ1n) is 7.82. The van der Waals surface area contributed by atoms with Gasteiger partial charge in [0.2, 0.25) is 0 Å². The second-order valence-electron chi connectivity index (χ2n) is 6.15. The molecule has 1 heterocycles. The summed E-state index contributed by atoms with van der Waals surface area (Å²) < 4.78 is 33.9. The summed E-state index contributed by atoms with van der Waals surface area (Å²) in [5.74, 6) is 0. The number of hydrogen-bond acceptors (Lipinski definition) is 3. The van der Waals surface area contributed by atoms with Crippen LogP contribution < -0.4 is 4.31 Å². The average molecular weight is 410 g/mol. The highest BCUT2D eigenvalue weighted by Crippen LogP contribution is 2.47. The Balaban J connectivity index is 2.13. The van der Waals surface area contributed by atoms with Crippen molar-refractivity contribution in [1.29, 1.82) is 0 Å². The molecule has 0 unspecified atom stereocenters. The topological polar surface area (TPSA) is 46.6 Å². The van der Waals surface area contributed by atoms with E-state index >= 15 is 0 Å². The normalized spacial score (nSPS) is 20.5. The lowest BCUT2D eigenvalue weighted by atomic mass is 10.2. The van der Waals surface area contributed by atoms with Gasteiger partial charge in [-0.2, -0.15) is 0 Å². The number of halogens is 1. The zero-order valence-corrected chi connectivity index (χ0v) is 16.2. The van der Waals surface area contributed by atoms with Crippen molar-refractivity contribution in [1.82, 2.24) is 0 Å². The minimum Gasteiger partial charge on any atom is -0.353 e. The van der Waals surface area contributed by atoms with Gasteiger partial charge < -0.3 is 4.74 Å². The highest BCUT2D eigenvalue weighted by Gasteiger charge is 2.45. The van der Waals surface area contributed by atoms with Crippen LogP contribution in [-0.2, 0) is 14.8 Å². The van der Waals surface area contributed by atoms with E-state index in [1.165, 1.54) is 4.31 Å². The number of anilines is 1. The first-order valence-corrected chi connectivity index (χ1v) is 10.2. The highest BCUT2D eigenvalue weighted by molar-refractivity contribution is 9.09. The van der Waals surface area contributed by atoms with Crippen LogP contribution in [0.15, 0.2) is 53.4 Å². The van der Waals surface area contributed by atoms with E-state index in [0.29, 0.717) is 5.69 Å². The molecule has 1 aliphatic rings. The molecule has 0 spiro atoms. The third-order valence-electron chi connectivity index (χ3n) is 3.94. The summed E-state index contributed by atoms with van der Waals surface area (Å²) in [5, 5.41) is 0. The molecule has 0 N–H and O–H groups in total. The van der Waals surface area contributed by atoms with Crippen molar-refractivity contribution in [3.8, 4) is 0 Å². The minimum absolute atomic E-state index is 0.0971. The van der Waals surface area contributed by atoms with Crippen molar-refractivity contribution in [2.45, 2.75) is 42.8 Å². The van der Waals surface area contributed by atoms with E-state index in [2.05, 4.69) is 15.9 Å². The largest absolute Gasteiger partial charge is 0.353 e. The van der Waals surface area contributed by atoms with E-state index in [9.17, 15) is 8.42 Å². The van der Waals surface area contributed by atoms with Gasteiger partial charge in [0.25, 0.3) is 10.0 Å². The predicted molar refractivity (Wildman–Crippen MR) is 99.0 cm³/mol. The predicted octanol–water partition coefficient (Wildman–Crippen LogP) is 4.39. The highest BCUT2D eigenvalue weighted by atomic mass is 79.9. The molecule has 3 rings (SSSR count). The molecular formula is C18H20BrNO3S. The Morgan fingerprint density at radius 1 is 1.08 bits per heavy atom. The number of ether oxygens (including phenoxy) is 1. The molecule has 24 heavy (non-hydrogen) atoms. The van der Waals surface area contributed by atoms with E-state index in [4.69, 9.17) is 4.74 Å². The fraction of sp³-hybridized carbons (Fsp3) is 0.333.